The van der Waals surface area contributed by atoms with Gasteiger partial charge in [-0.15, -0.1) is 0 Å². The molecule has 0 aromatic heterocycles. The van der Waals surface area contributed by atoms with Crippen molar-refractivity contribution in [2.24, 2.45) is 0 Å². The van der Waals surface area contributed by atoms with Gasteiger partial charge in [0, 0.05) is 16.3 Å². The number of benzene rings is 3. The monoisotopic (exact) mass is 428 g/mol. The van der Waals surface area contributed by atoms with Crippen molar-refractivity contribution in [2.75, 3.05) is 17.2 Å². The van der Waals surface area contributed by atoms with Crippen LogP contribution in [0.2, 0.25) is 10.0 Å². The molecule has 2 N–H and O–H groups in total. The number of anilines is 2. The molecule has 2 amide bonds. The van der Waals surface area contributed by atoms with Crippen LogP contribution in [-0.4, -0.2) is 18.4 Å². The highest BCUT2D eigenvalue weighted by Gasteiger charge is 2.10. The molecule has 0 aliphatic heterocycles. The quantitative estimate of drug-likeness (QED) is 0.538. The number of hydrogen-bond acceptors (Lipinski definition) is 3. The first-order chi connectivity index (χ1) is 13.9. The van der Waals surface area contributed by atoms with E-state index in [1.807, 2.05) is 6.92 Å². The van der Waals surface area contributed by atoms with Gasteiger partial charge < -0.3 is 15.4 Å². The molecule has 0 saturated carbocycles. The molecule has 3 rings (SSSR count). The van der Waals surface area contributed by atoms with Crippen LogP contribution in [0.4, 0.5) is 11.4 Å². The van der Waals surface area contributed by atoms with Gasteiger partial charge in [0.05, 0.1) is 10.7 Å². The van der Waals surface area contributed by atoms with Gasteiger partial charge in [-0.2, -0.15) is 0 Å². The number of rotatable bonds is 6. The molecule has 0 fully saturated rings. The number of halogens is 2. The minimum atomic E-state index is -0.337. The van der Waals surface area contributed by atoms with Crippen LogP contribution in [-0.2, 0) is 4.79 Å². The van der Waals surface area contributed by atoms with E-state index in [4.69, 9.17) is 27.9 Å². The molecule has 0 heterocycles. The molecule has 3 aromatic rings. The molecule has 0 saturated heterocycles. The van der Waals surface area contributed by atoms with Gasteiger partial charge in [-0.25, -0.2) is 0 Å². The minimum Gasteiger partial charge on any atom is -0.484 e. The number of carbonyl (C=O) groups excluding carboxylic acids is 2. The Morgan fingerprint density at radius 1 is 0.828 bits per heavy atom. The predicted octanol–water partition coefficient (Wildman–Crippen LogP) is 5.57. The molecule has 148 valence electrons. The maximum Gasteiger partial charge on any atom is 0.262 e. The third-order valence-electron chi connectivity index (χ3n) is 4.15. The molecule has 0 bridgehead atoms. The molecule has 0 atom stereocenters. The first-order valence-corrected chi connectivity index (χ1v) is 9.53. The van der Waals surface area contributed by atoms with Crippen molar-refractivity contribution >= 4 is 46.4 Å². The van der Waals surface area contributed by atoms with Crippen molar-refractivity contribution in [2.45, 2.75) is 6.92 Å². The number of hydrogen-bond donors (Lipinski definition) is 2. The zero-order chi connectivity index (χ0) is 20.8. The molecule has 0 aliphatic carbocycles. The zero-order valence-corrected chi connectivity index (χ0v) is 17.1. The lowest BCUT2D eigenvalue weighted by atomic mass is 10.1. The Kier molecular flexibility index (Phi) is 6.75. The predicted molar refractivity (Wildman–Crippen MR) is 116 cm³/mol. The summed E-state index contributed by atoms with van der Waals surface area (Å²) in [5.41, 5.74) is 2.43. The lowest BCUT2D eigenvalue weighted by Gasteiger charge is -2.11. The van der Waals surface area contributed by atoms with Gasteiger partial charge >= 0.3 is 0 Å². The number of ether oxygens (including phenoxy) is 1. The standard InChI is InChI=1S/C22H18Cl2N2O3/c1-14-17(23)6-4-8-19(14)26-22(28)15-9-11-16(12-10-15)29-13-21(27)25-20-7-3-2-5-18(20)24/h2-12H,13H2,1H3,(H,25,27)(H,26,28). The van der Waals surface area contributed by atoms with Gasteiger partial charge in [0.2, 0.25) is 0 Å². The Labute approximate surface area is 178 Å². The Bertz CT molecular complexity index is 1040. The largest absolute Gasteiger partial charge is 0.484 e. The van der Waals surface area contributed by atoms with Crippen LogP contribution in [0.5, 0.6) is 5.75 Å². The average molecular weight is 429 g/mol. The normalized spacial score (nSPS) is 10.3. The average Bonchev–Trinajstić information content (AvgIpc) is 2.72. The lowest BCUT2D eigenvalue weighted by Crippen LogP contribution is -2.20. The Hall–Kier alpha value is -3.02. The second-order valence-corrected chi connectivity index (χ2v) is 7.02. The molecular formula is C22H18Cl2N2O3. The van der Waals surface area contributed by atoms with Crippen molar-refractivity contribution in [1.82, 2.24) is 0 Å². The second-order valence-electron chi connectivity index (χ2n) is 6.21. The lowest BCUT2D eigenvalue weighted by molar-refractivity contribution is -0.118. The first-order valence-electron chi connectivity index (χ1n) is 8.78. The highest BCUT2D eigenvalue weighted by atomic mass is 35.5. The summed E-state index contributed by atoms with van der Waals surface area (Å²) < 4.78 is 5.46. The van der Waals surface area contributed by atoms with Crippen molar-refractivity contribution in [3.8, 4) is 5.75 Å². The summed E-state index contributed by atoms with van der Waals surface area (Å²) in [6.45, 7) is 1.65. The van der Waals surface area contributed by atoms with E-state index in [9.17, 15) is 9.59 Å². The van der Waals surface area contributed by atoms with Crippen LogP contribution in [0.1, 0.15) is 15.9 Å². The van der Waals surface area contributed by atoms with Crippen LogP contribution < -0.4 is 15.4 Å². The SMILES string of the molecule is Cc1c(Cl)cccc1NC(=O)c1ccc(OCC(=O)Nc2ccccc2Cl)cc1. The molecule has 0 aliphatic rings. The number of nitrogens with one attached hydrogen (secondary N) is 2. The summed E-state index contributed by atoms with van der Waals surface area (Å²) in [6.07, 6.45) is 0. The molecule has 0 unspecified atom stereocenters. The summed E-state index contributed by atoms with van der Waals surface area (Å²) in [5.74, 6) is -0.135. The third-order valence-corrected chi connectivity index (χ3v) is 4.89. The highest BCUT2D eigenvalue weighted by Crippen LogP contribution is 2.24. The number of carbonyl (C=O) groups is 2. The molecule has 0 spiro atoms. The summed E-state index contributed by atoms with van der Waals surface area (Å²) in [4.78, 5) is 24.4. The van der Waals surface area contributed by atoms with E-state index in [-0.39, 0.29) is 18.4 Å². The van der Waals surface area contributed by atoms with Gasteiger partial charge in [-0.3, -0.25) is 9.59 Å². The maximum atomic E-state index is 12.4. The maximum absolute atomic E-state index is 12.4. The van der Waals surface area contributed by atoms with Gasteiger partial charge in [-0.05, 0) is 61.0 Å². The van der Waals surface area contributed by atoms with E-state index < -0.39 is 0 Å². The van der Waals surface area contributed by atoms with Crippen LogP contribution in [0.3, 0.4) is 0 Å². The third kappa shape index (κ3) is 5.50. The fourth-order valence-electron chi connectivity index (χ4n) is 2.54. The van der Waals surface area contributed by atoms with Crippen molar-refractivity contribution < 1.29 is 14.3 Å². The fraction of sp³-hybridized carbons (Fsp3) is 0.0909. The van der Waals surface area contributed by atoms with Gasteiger partial charge in [0.25, 0.3) is 11.8 Å². The number of para-hydroxylation sites is 1. The topological polar surface area (TPSA) is 67.4 Å². The van der Waals surface area contributed by atoms with Crippen LogP contribution in [0, 0.1) is 6.92 Å². The van der Waals surface area contributed by atoms with E-state index >= 15 is 0 Å². The van der Waals surface area contributed by atoms with Crippen LogP contribution in [0.15, 0.2) is 66.7 Å². The van der Waals surface area contributed by atoms with Gasteiger partial charge in [0.1, 0.15) is 5.75 Å². The van der Waals surface area contributed by atoms with Gasteiger partial charge in [0.15, 0.2) is 6.61 Å². The van der Waals surface area contributed by atoms with E-state index in [1.165, 1.54) is 0 Å². The van der Waals surface area contributed by atoms with Crippen molar-refractivity contribution in [1.29, 1.82) is 0 Å². The molecular weight excluding hydrogens is 411 g/mol. The zero-order valence-electron chi connectivity index (χ0n) is 15.5. The minimum absolute atomic E-state index is 0.182. The van der Waals surface area contributed by atoms with Crippen molar-refractivity contribution in [3.63, 3.8) is 0 Å². The van der Waals surface area contributed by atoms with Crippen LogP contribution >= 0.6 is 23.2 Å². The molecule has 7 heteroatoms. The second kappa shape index (κ2) is 9.45. The van der Waals surface area contributed by atoms with E-state index in [0.717, 1.165) is 5.56 Å². The number of amides is 2. The highest BCUT2D eigenvalue weighted by molar-refractivity contribution is 6.33. The summed E-state index contributed by atoms with van der Waals surface area (Å²) in [6, 6.07) is 18.8. The molecule has 29 heavy (non-hydrogen) atoms. The summed E-state index contributed by atoms with van der Waals surface area (Å²) in [7, 11) is 0. The molecule has 5 nitrogen and oxygen atoms in total. The first kappa shape index (κ1) is 20.7. The van der Waals surface area contributed by atoms with E-state index in [0.29, 0.717) is 32.7 Å². The van der Waals surface area contributed by atoms with Crippen molar-refractivity contribution in [3.05, 3.63) is 87.9 Å². The Morgan fingerprint density at radius 3 is 2.21 bits per heavy atom. The fourth-order valence-corrected chi connectivity index (χ4v) is 2.90. The smallest absolute Gasteiger partial charge is 0.262 e. The summed E-state index contributed by atoms with van der Waals surface area (Å²) in [5, 5.41) is 6.54. The Balaban J connectivity index is 1.56. The van der Waals surface area contributed by atoms with E-state index in [2.05, 4.69) is 10.6 Å². The Morgan fingerprint density at radius 2 is 1.48 bits per heavy atom. The molecule has 3 aromatic carbocycles. The van der Waals surface area contributed by atoms with Crippen LogP contribution in [0.25, 0.3) is 0 Å². The van der Waals surface area contributed by atoms with Gasteiger partial charge in [-0.1, -0.05) is 41.4 Å². The summed E-state index contributed by atoms with van der Waals surface area (Å²) >= 11 is 12.1. The molecule has 0 radical (unpaired) electrons. The van der Waals surface area contributed by atoms with E-state index in [1.54, 1.807) is 66.7 Å².